The molecule has 0 fully saturated rings. The number of halogens is 3. The summed E-state index contributed by atoms with van der Waals surface area (Å²) in [5.41, 5.74) is 0.400. The Hall–Kier alpha value is -2.14. The molecule has 2 aromatic carbocycles. The fraction of sp³-hybridized carbons (Fsp3) is 0. The molecule has 2 N–H and O–H groups in total. The van der Waals surface area contributed by atoms with Crippen LogP contribution in [0.1, 0.15) is 0 Å². The number of carbonyl (C=O) groups is 1. The van der Waals surface area contributed by atoms with Crippen molar-refractivity contribution >= 4 is 29.0 Å². The van der Waals surface area contributed by atoms with Crippen molar-refractivity contribution in [3.63, 3.8) is 0 Å². The Balaban J connectivity index is 2.03. The summed E-state index contributed by atoms with van der Waals surface area (Å²) < 4.78 is 26.0. The van der Waals surface area contributed by atoms with Crippen LogP contribution < -0.4 is 10.6 Å². The largest absolute Gasteiger partial charge is 0.323 e. The van der Waals surface area contributed by atoms with E-state index in [0.29, 0.717) is 16.8 Å². The van der Waals surface area contributed by atoms with E-state index in [4.69, 9.17) is 11.6 Å². The number of amides is 2. The standard InChI is InChI=1S/C13H9ClF2N2O/c14-8-1-4-10(5-2-8)17-13(19)18-12-6-3-9(15)7-11(12)16/h1-7H,(H2,17,18,19). The van der Waals surface area contributed by atoms with Crippen molar-refractivity contribution in [2.24, 2.45) is 0 Å². The number of rotatable bonds is 2. The van der Waals surface area contributed by atoms with Crippen LogP contribution in [0.2, 0.25) is 5.02 Å². The lowest BCUT2D eigenvalue weighted by atomic mass is 10.3. The van der Waals surface area contributed by atoms with Crippen LogP contribution in [0.3, 0.4) is 0 Å². The number of hydrogen-bond acceptors (Lipinski definition) is 1. The first-order valence-electron chi connectivity index (χ1n) is 5.33. The molecule has 6 heteroatoms. The normalized spacial score (nSPS) is 10.1. The van der Waals surface area contributed by atoms with E-state index in [1.807, 2.05) is 0 Å². The molecule has 98 valence electrons. The number of nitrogens with one attached hydrogen (secondary N) is 2. The van der Waals surface area contributed by atoms with Crippen LogP contribution in [-0.4, -0.2) is 6.03 Å². The Morgan fingerprint density at radius 1 is 1.00 bits per heavy atom. The van der Waals surface area contributed by atoms with Crippen LogP contribution >= 0.6 is 11.6 Å². The van der Waals surface area contributed by atoms with Gasteiger partial charge >= 0.3 is 6.03 Å². The Morgan fingerprint density at radius 3 is 2.32 bits per heavy atom. The number of anilines is 2. The van der Waals surface area contributed by atoms with E-state index in [1.165, 1.54) is 0 Å². The van der Waals surface area contributed by atoms with Gasteiger partial charge in [-0.25, -0.2) is 13.6 Å². The van der Waals surface area contributed by atoms with Crippen molar-refractivity contribution in [3.05, 3.63) is 59.1 Å². The second kappa shape index (κ2) is 5.67. The number of urea groups is 1. The van der Waals surface area contributed by atoms with Gasteiger partial charge in [0.1, 0.15) is 11.6 Å². The van der Waals surface area contributed by atoms with Crippen molar-refractivity contribution in [1.82, 2.24) is 0 Å². The lowest BCUT2D eigenvalue weighted by molar-refractivity contribution is 0.262. The fourth-order valence-corrected chi connectivity index (χ4v) is 1.53. The smallest absolute Gasteiger partial charge is 0.308 e. The molecule has 0 spiro atoms. The van der Waals surface area contributed by atoms with Gasteiger partial charge in [-0.05, 0) is 36.4 Å². The van der Waals surface area contributed by atoms with E-state index < -0.39 is 17.7 Å². The summed E-state index contributed by atoms with van der Waals surface area (Å²) in [5.74, 6) is -1.55. The van der Waals surface area contributed by atoms with Crippen molar-refractivity contribution in [2.45, 2.75) is 0 Å². The summed E-state index contributed by atoms with van der Waals surface area (Å²) in [6.45, 7) is 0. The lowest BCUT2D eigenvalue weighted by Crippen LogP contribution is -2.20. The third-order valence-corrected chi connectivity index (χ3v) is 2.53. The Kier molecular flexibility index (Phi) is 3.97. The minimum atomic E-state index is -0.841. The first kappa shape index (κ1) is 13.3. The first-order chi connectivity index (χ1) is 9.04. The van der Waals surface area contributed by atoms with Gasteiger partial charge < -0.3 is 10.6 Å². The number of hydrogen-bond donors (Lipinski definition) is 2. The van der Waals surface area contributed by atoms with E-state index in [-0.39, 0.29) is 5.69 Å². The average molecular weight is 283 g/mol. The zero-order valence-corrected chi connectivity index (χ0v) is 10.3. The number of benzene rings is 2. The van der Waals surface area contributed by atoms with Gasteiger partial charge in [0.15, 0.2) is 0 Å². The van der Waals surface area contributed by atoms with E-state index in [0.717, 1.165) is 12.1 Å². The minimum Gasteiger partial charge on any atom is -0.308 e. The van der Waals surface area contributed by atoms with Crippen LogP contribution in [-0.2, 0) is 0 Å². The molecule has 0 aliphatic carbocycles. The second-order valence-electron chi connectivity index (χ2n) is 3.71. The molecule has 0 unspecified atom stereocenters. The van der Waals surface area contributed by atoms with Crippen LogP contribution in [0.5, 0.6) is 0 Å². The van der Waals surface area contributed by atoms with Gasteiger partial charge in [0.05, 0.1) is 5.69 Å². The van der Waals surface area contributed by atoms with Crippen LogP contribution in [0, 0.1) is 11.6 Å². The van der Waals surface area contributed by atoms with E-state index in [2.05, 4.69) is 10.6 Å². The molecule has 2 aromatic rings. The molecule has 2 amide bonds. The molecule has 0 bridgehead atoms. The van der Waals surface area contributed by atoms with Crippen molar-refractivity contribution in [1.29, 1.82) is 0 Å². The summed E-state index contributed by atoms with van der Waals surface area (Å²) in [5, 5.41) is 5.30. The summed E-state index contributed by atoms with van der Waals surface area (Å²) in [7, 11) is 0. The molecule has 0 saturated heterocycles. The van der Waals surface area contributed by atoms with Crippen molar-refractivity contribution < 1.29 is 13.6 Å². The average Bonchev–Trinajstić information content (AvgIpc) is 2.36. The maximum atomic E-state index is 13.3. The highest BCUT2D eigenvalue weighted by atomic mass is 35.5. The number of carbonyl (C=O) groups excluding carboxylic acids is 1. The third-order valence-electron chi connectivity index (χ3n) is 2.28. The van der Waals surface area contributed by atoms with Crippen molar-refractivity contribution in [3.8, 4) is 0 Å². The summed E-state index contributed by atoms with van der Waals surface area (Å²) in [6.07, 6.45) is 0. The molecule has 0 aliphatic heterocycles. The summed E-state index contributed by atoms with van der Waals surface area (Å²) in [6, 6.07) is 8.68. The Labute approximate surface area is 113 Å². The van der Waals surface area contributed by atoms with Gasteiger partial charge in [-0.2, -0.15) is 0 Å². The van der Waals surface area contributed by atoms with Gasteiger partial charge in [-0.3, -0.25) is 0 Å². The molecule has 0 aromatic heterocycles. The Bertz CT molecular complexity index is 602. The van der Waals surface area contributed by atoms with Gasteiger partial charge in [-0.1, -0.05) is 11.6 Å². The third kappa shape index (κ3) is 3.66. The molecule has 0 aliphatic rings. The molecular formula is C13H9ClF2N2O. The quantitative estimate of drug-likeness (QED) is 0.849. The molecule has 0 atom stereocenters. The molecular weight excluding hydrogens is 274 g/mol. The zero-order valence-electron chi connectivity index (χ0n) is 9.58. The fourth-order valence-electron chi connectivity index (χ4n) is 1.41. The van der Waals surface area contributed by atoms with Gasteiger partial charge in [0, 0.05) is 16.8 Å². The molecule has 0 radical (unpaired) electrons. The van der Waals surface area contributed by atoms with Crippen LogP contribution in [0.15, 0.2) is 42.5 Å². The van der Waals surface area contributed by atoms with Crippen LogP contribution in [0.4, 0.5) is 25.0 Å². The maximum Gasteiger partial charge on any atom is 0.323 e. The molecule has 0 heterocycles. The summed E-state index contributed by atoms with van der Waals surface area (Å²) >= 11 is 5.70. The highest BCUT2D eigenvalue weighted by molar-refractivity contribution is 6.30. The zero-order chi connectivity index (χ0) is 13.8. The van der Waals surface area contributed by atoms with Gasteiger partial charge in [0.25, 0.3) is 0 Å². The lowest BCUT2D eigenvalue weighted by Gasteiger charge is -2.08. The van der Waals surface area contributed by atoms with E-state index >= 15 is 0 Å². The molecule has 0 saturated carbocycles. The second-order valence-corrected chi connectivity index (χ2v) is 4.15. The highest BCUT2D eigenvalue weighted by Crippen LogP contribution is 2.16. The van der Waals surface area contributed by atoms with E-state index in [1.54, 1.807) is 24.3 Å². The minimum absolute atomic E-state index is 0.104. The predicted octanol–water partition coefficient (Wildman–Crippen LogP) is 4.26. The SMILES string of the molecule is O=C(Nc1ccc(Cl)cc1)Nc1ccc(F)cc1F. The van der Waals surface area contributed by atoms with Gasteiger partial charge in [-0.15, -0.1) is 0 Å². The maximum absolute atomic E-state index is 13.3. The topological polar surface area (TPSA) is 41.1 Å². The predicted molar refractivity (Wildman–Crippen MR) is 70.5 cm³/mol. The Morgan fingerprint density at radius 2 is 1.68 bits per heavy atom. The van der Waals surface area contributed by atoms with Crippen molar-refractivity contribution in [2.75, 3.05) is 10.6 Å². The molecule has 19 heavy (non-hydrogen) atoms. The van der Waals surface area contributed by atoms with E-state index in [9.17, 15) is 13.6 Å². The highest BCUT2D eigenvalue weighted by Gasteiger charge is 2.07. The monoisotopic (exact) mass is 282 g/mol. The van der Waals surface area contributed by atoms with Crippen LogP contribution in [0.25, 0.3) is 0 Å². The molecule has 3 nitrogen and oxygen atoms in total. The van der Waals surface area contributed by atoms with Gasteiger partial charge in [0.2, 0.25) is 0 Å². The first-order valence-corrected chi connectivity index (χ1v) is 5.71. The molecule has 2 rings (SSSR count). The summed E-state index contributed by atoms with van der Waals surface area (Å²) in [4.78, 5) is 11.6.